The standard InChI is InChI=1S/C7H12N4S/c1-2-6(3-1)4-5-8-7-9-10-11-12-7/h6H,1-5H2,(H,8,9,11). The highest BCUT2D eigenvalue weighted by Crippen LogP contribution is 2.29. The number of anilines is 1. The summed E-state index contributed by atoms with van der Waals surface area (Å²) in [6.45, 7) is 1.02. The van der Waals surface area contributed by atoms with Crippen LogP contribution in [0.25, 0.3) is 0 Å². The molecule has 2 rings (SSSR count). The van der Waals surface area contributed by atoms with E-state index >= 15 is 0 Å². The molecule has 0 aromatic carbocycles. The van der Waals surface area contributed by atoms with Crippen molar-refractivity contribution >= 4 is 16.7 Å². The van der Waals surface area contributed by atoms with Gasteiger partial charge in [-0.2, -0.15) is 0 Å². The molecule has 0 radical (unpaired) electrons. The first-order valence-electron chi connectivity index (χ1n) is 4.34. The molecule has 1 aromatic rings. The van der Waals surface area contributed by atoms with Crippen molar-refractivity contribution in [2.45, 2.75) is 25.7 Å². The molecule has 1 aromatic heterocycles. The average molecular weight is 184 g/mol. The lowest BCUT2D eigenvalue weighted by molar-refractivity contribution is 0.303. The number of nitrogens with zero attached hydrogens (tertiary/aromatic N) is 3. The van der Waals surface area contributed by atoms with Crippen molar-refractivity contribution in [3.8, 4) is 0 Å². The normalized spacial score (nSPS) is 17.3. The molecule has 1 N–H and O–H groups in total. The number of aromatic nitrogens is 3. The van der Waals surface area contributed by atoms with E-state index in [9.17, 15) is 0 Å². The maximum atomic E-state index is 3.80. The van der Waals surface area contributed by atoms with E-state index < -0.39 is 0 Å². The van der Waals surface area contributed by atoms with E-state index in [1.807, 2.05) is 0 Å². The van der Waals surface area contributed by atoms with Crippen molar-refractivity contribution in [3.05, 3.63) is 0 Å². The third-order valence-electron chi connectivity index (χ3n) is 2.35. The van der Waals surface area contributed by atoms with Gasteiger partial charge in [0.05, 0.1) is 0 Å². The van der Waals surface area contributed by atoms with Crippen LogP contribution in [-0.2, 0) is 0 Å². The van der Waals surface area contributed by atoms with Crippen LogP contribution in [0, 0.1) is 5.92 Å². The van der Waals surface area contributed by atoms with Gasteiger partial charge in [0.1, 0.15) is 0 Å². The Kier molecular flexibility index (Phi) is 2.51. The second kappa shape index (κ2) is 3.80. The largest absolute Gasteiger partial charge is 0.359 e. The van der Waals surface area contributed by atoms with Gasteiger partial charge >= 0.3 is 0 Å². The van der Waals surface area contributed by atoms with Crippen LogP contribution in [0.15, 0.2) is 0 Å². The van der Waals surface area contributed by atoms with E-state index in [1.165, 1.54) is 37.2 Å². The van der Waals surface area contributed by atoms with Crippen molar-refractivity contribution in [2.75, 3.05) is 11.9 Å². The molecule has 0 atom stereocenters. The third-order valence-corrected chi connectivity index (χ3v) is 2.91. The van der Waals surface area contributed by atoms with Gasteiger partial charge < -0.3 is 5.32 Å². The Morgan fingerprint density at radius 3 is 3.00 bits per heavy atom. The van der Waals surface area contributed by atoms with Gasteiger partial charge in [0, 0.05) is 18.1 Å². The van der Waals surface area contributed by atoms with E-state index in [-0.39, 0.29) is 0 Å². The minimum Gasteiger partial charge on any atom is -0.359 e. The Bertz CT molecular complexity index is 219. The van der Waals surface area contributed by atoms with Crippen LogP contribution in [0.2, 0.25) is 0 Å². The van der Waals surface area contributed by atoms with Gasteiger partial charge in [-0.05, 0) is 17.6 Å². The maximum Gasteiger partial charge on any atom is 0.225 e. The Labute approximate surface area is 75.5 Å². The lowest BCUT2D eigenvalue weighted by Crippen LogP contribution is -2.15. The number of hydrogen-bond donors (Lipinski definition) is 1. The molecule has 66 valence electrons. The molecule has 5 heteroatoms. The molecule has 12 heavy (non-hydrogen) atoms. The molecular formula is C7H12N4S. The van der Waals surface area contributed by atoms with Crippen LogP contribution < -0.4 is 5.32 Å². The molecule has 0 aliphatic heterocycles. The molecule has 1 aliphatic rings. The topological polar surface area (TPSA) is 50.7 Å². The predicted molar refractivity (Wildman–Crippen MR) is 48.2 cm³/mol. The van der Waals surface area contributed by atoms with Crippen LogP contribution >= 0.6 is 11.5 Å². The highest BCUT2D eigenvalue weighted by molar-refractivity contribution is 7.09. The summed E-state index contributed by atoms with van der Waals surface area (Å²) < 4.78 is 3.67. The predicted octanol–water partition coefficient (Wildman–Crippen LogP) is 1.54. The number of nitrogens with one attached hydrogen (secondary N) is 1. The summed E-state index contributed by atoms with van der Waals surface area (Å²) in [5, 5.41) is 11.4. The maximum absolute atomic E-state index is 3.80. The SMILES string of the molecule is C1CC(CCNc2nnns2)C1. The smallest absolute Gasteiger partial charge is 0.225 e. The quantitative estimate of drug-likeness (QED) is 0.771. The summed E-state index contributed by atoms with van der Waals surface area (Å²) in [7, 11) is 0. The average Bonchev–Trinajstić information content (AvgIpc) is 2.46. The van der Waals surface area contributed by atoms with Gasteiger partial charge in [-0.25, -0.2) is 0 Å². The van der Waals surface area contributed by atoms with Crippen molar-refractivity contribution in [3.63, 3.8) is 0 Å². The summed E-state index contributed by atoms with van der Waals surface area (Å²) in [5.74, 6) is 0.957. The zero-order chi connectivity index (χ0) is 8.23. The Morgan fingerprint density at radius 2 is 2.42 bits per heavy atom. The lowest BCUT2D eigenvalue weighted by atomic mass is 9.83. The van der Waals surface area contributed by atoms with Gasteiger partial charge in [-0.3, -0.25) is 0 Å². The van der Waals surface area contributed by atoms with Gasteiger partial charge in [-0.1, -0.05) is 28.8 Å². The molecule has 0 amide bonds. The summed E-state index contributed by atoms with van der Waals surface area (Å²) in [6.07, 6.45) is 5.51. The molecule has 0 saturated heterocycles. The molecule has 4 nitrogen and oxygen atoms in total. The van der Waals surface area contributed by atoms with Gasteiger partial charge in [0.2, 0.25) is 5.13 Å². The molecule has 1 fully saturated rings. The third kappa shape index (κ3) is 1.91. The van der Waals surface area contributed by atoms with Crippen LogP contribution in [0.3, 0.4) is 0 Å². The van der Waals surface area contributed by atoms with Crippen LogP contribution in [0.5, 0.6) is 0 Å². The molecule has 1 aliphatic carbocycles. The van der Waals surface area contributed by atoms with Crippen molar-refractivity contribution in [1.29, 1.82) is 0 Å². The molecule has 0 spiro atoms. The van der Waals surface area contributed by atoms with Gasteiger partial charge in [0.25, 0.3) is 0 Å². The molecule has 0 unspecified atom stereocenters. The lowest BCUT2D eigenvalue weighted by Gasteiger charge is -2.24. The molecule has 0 bridgehead atoms. The Hall–Kier alpha value is -0.710. The number of hydrogen-bond acceptors (Lipinski definition) is 5. The Morgan fingerprint density at radius 1 is 1.50 bits per heavy atom. The Balaban J connectivity index is 1.62. The van der Waals surface area contributed by atoms with Crippen LogP contribution in [0.1, 0.15) is 25.7 Å². The van der Waals surface area contributed by atoms with Crippen molar-refractivity contribution in [1.82, 2.24) is 14.8 Å². The fourth-order valence-electron chi connectivity index (χ4n) is 1.37. The minimum absolute atomic E-state index is 0.842. The highest BCUT2D eigenvalue weighted by Gasteiger charge is 2.16. The zero-order valence-electron chi connectivity index (χ0n) is 6.86. The molecular weight excluding hydrogens is 172 g/mol. The first-order valence-corrected chi connectivity index (χ1v) is 5.11. The van der Waals surface area contributed by atoms with E-state index in [2.05, 4.69) is 20.1 Å². The fraction of sp³-hybridized carbons (Fsp3) is 0.857. The highest BCUT2D eigenvalue weighted by atomic mass is 32.1. The molecule has 1 heterocycles. The van der Waals surface area contributed by atoms with Crippen LogP contribution in [-0.4, -0.2) is 21.3 Å². The van der Waals surface area contributed by atoms with E-state index in [4.69, 9.17) is 0 Å². The summed E-state index contributed by atoms with van der Waals surface area (Å²) >= 11 is 1.32. The number of rotatable bonds is 4. The first kappa shape index (κ1) is 7.91. The van der Waals surface area contributed by atoms with Gasteiger partial charge in [-0.15, -0.1) is 0 Å². The van der Waals surface area contributed by atoms with Gasteiger partial charge in [0.15, 0.2) is 0 Å². The molecule has 1 saturated carbocycles. The fourth-order valence-corrected chi connectivity index (χ4v) is 1.76. The van der Waals surface area contributed by atoms with E-state index in [0.29, 0.717) is 0 Å². The second-order valence-corrected chi connectivity index (χ2v) is 3.91. The van der Waals surface area contributed by atoms with E-state index in [0.717, 1.165) is 17.6 Å². The van der Waals surface area contributed by atoms with Crippen LogP contribution in [0.4, 0.5) is 5.13 Å². The zero-order valence-corrected chi connectivity index (χ0v) is 7.68. The summed E-state index contributed by atoms with van der Waals surface area (Å²) in [6, 6.07) is 0. The summed E-state index contributed by atoms with van der Waals surface area (Å²) in [4.78, 5) is 0. The van der Waals surface area contributed by atoms with Crippen molar-refractivity contribution in [2.24, 2.45) is 5.92 Å². The van der Waals surface area contributed by atoms with Crippen molar-refractivity contribution < 1.29 is 0 Å². The second-order valence-electron chi connectivity index (χ2n) is 3.18. The monoisotopic (exact) mass is 184 g/mol. The minimum atomic E-state index is 0.842. The first-order chi connectivity index (χ1) is 5.95. The van der Waals surface area contributed by atoms with E-state index in [1.54, 1.807) is 0 Å². The summed E-state index contributed by atoms with van der Waals surface area (Å²) in [5.41, 5.74) is 0.